The molecule has 5 saturated heterocycles. The molecular weight excluding hydrogens is 2000 g/mol. The Labute approximate surface area is 893 Å². The van der Waals surface area contributed by atoms with Crippen LogP contribution in [-0.2, 0) is 117 Å². The fourth-order valence-corrected chi connectivity index (χ4v) is 24.9. The molecule has 141 heavy (non-hydrogen) atoms. The molecule has 0 spiro atoms. The second kappa shape index (κ2) is 59.0. The standard InChI is InChI=1S/2C24H39BO4P2Si.2C18H25BO4P2.C18H23BO4P2.B.Na.H/c2*1-24(2,3)32(4,5)29-18(12-11-17-9-7-6-8-10-17)13-14-19-20-15-23(26)27-21(20)16-22(19)28-25(30)31;3*20-13(7-6-12-4-2-1-3-5-12)8-9-14-15-10-18(21)22-16(15)11-17(14)23-19(24)25;;;/h2*6-10,13-14,18-22H,11-12,15-16,30-31H2,1-5H3;2*1-5,8-9,13-17,20H,6-7,10-11,24-25H2;1-5,8-9,14-17H,6-7,10-11,24-25H2;;;/q;;;;;;+1;-1/b2*14-13+;3*9-8+;;;/t18-,19+,20+,21-,22+;18-,19-,20-,21+,22-;13-,14+,15+,16-,17+;13-,14-,15-,16+,17-;14-,15-,16+,17-;;;/m01011.../s1. The number of hydrogen-bond acceptors (Lipinski definition) is 20. The summed E-state index contributed by atoms with van der Waals surface area (Å²) >= 11 is 0. The van der Waals surface area contributed by atoms with Crippen LogP contribution in [0.1, 0.15) is 167 Å². The van der Waals surface area contributed by atoms with E-state index in [-0.39, 0.29) is 249 Å². The number of ether oxygens (including phenoxy) is 5. The monoisotopic (exact) mass is 2150 g/mol. The smallest absolute Gasteiger partial charge is 1.00 e. The number of carbonyl (C=O) groups excluding carboxylic acids is 6. The van der Waals surface area contributed by atoms with E-state index >= 15 is 0 Å². The van der Waals surface area contributed by atoms with Gasteiger partial charge in [-0.05, 0) is 128 Å². The average Bonchev–Trinajstić information content (AvgIpc) is 1.67. The Morgan fingerprint density at radius 2 is 0.574 bits per heavy atom. The van der Waals surface area contributed by atoms with Gasteiger partial charge in [0.1, 0.15) is 30.5 Å². The Bertz CT molecular complexity index is 4630. The molecule has 20 nitrogen and oxygen atoms in total. The van der Waals surface area contributed by atoms with Crippen LogP contribution in [0.4, 0.5) is 0 Å². The van der Waals surface area contributed by atoms with E-state index in [2.05, 4.69) is 268 Å². The van der Waals surface area contributed by atoms with Gasteiger partial charge in [-0.2, -0.15) is 0 Å². The molecule has 10 unspecified atom stereocenters. The number of carbonyl (C=O) groups is 6. The number of hydrogen-bond donors (Lipinski definition) is 2. The molecule has 15 rings (SSSR count). The summed E-state index contributed by atoms with van der Waals surface area (Å²) in [6.45, 7) is 22.9. The fourth-order valence-electron chi connectivity index (χ4n) is 20.3. The first-order valence-electron chi connectivity index (χ1n) is 49.7. The average molecular weight is 2150 g/mol. The number of esters is 5. The first-order valence-corrected chi connectivity index (χ1v) is 62.1. The molecule has 5 aliphatic heterocycles. The zero-order valence-corrected chi connectivity index (χ0v) is 99.7. The topological polar surface area (TPSA) is 254 Å². The first-order chi connectivity index (χ1) is 66.0. The van der Waals surface area contributed by atoms with Gasteiger partial charge in [-0.15, -0.1) is 91.2 Å². The van der Waals surface area contributed by atoms with Crippen LogP contribution in [0.2, 0.25) is 36.3 Å². The van der Waals surface area contributed by atoms with Gasteiger partial charge in [0.2, 0.25) is 0 Å². The van der Waals surface area contributed by atoms with Crippen LogP contribution in [0.5, 0.6) is 0 Å². The van der Waals surface area contributed by atoms with Crippen LogP contribution >= 0.6 is 91.2 Å². The maximum Gasteiger partial charge on any atom is 1.00 e. The van der Waals surface area contributed by atoms with Gasteiger partial charge in [-0.25, -0.2) is 0 Å². The summed E-state index contributed by atoms with van der Waals surface area (Å²) in [6, 6.07) is 51.5. The third-order valence-electron chi connectivity index (χ3n) is 29.4. The fraction of sp³-hybridized carbons (Fsp3) is 0.549. The third-order valence-corrected chi connectivity index (χ3v) is 40.0. The Morgan fingerprint density at radius 3 is 0.801 bits per heavy atom. The summed E-state index contributed by atoms with van der Waals surface area (Å²) in [5.41, 5.74) is 6.27. The molecule has 5 aromatic carbocycles. The zero-order chi connectivity index (χ0) is 100. The van der Waals surface area contributed by atoms with Gasteiger partial charge in [0.15, 0.2) is 22.4 Å². The van der Waals surface area contributed by atoms with E-state index in [1.807, 2.05) is 97.1 Å². The van der Waals surface area contributed by atoms with Crippen molar-refractivity contribution in [2.45, 2.75) is 292 Å². The molecule has 5 saturated carbocycles. The van der Waals surface area contributed by atoms with Gasteiger partial charge >= 0.3 is 91.2 Å². The molecule has 5 aromatic rings. The molecule has 2 N–H and O–H groups in total. The number of rotatable bonds is 39. The van der Waals surface area contributed by atoms with Crippen molar-refractivity contribution in [2.75, 3.05) is 0 Å². The van der Waals surface area contributed by atoms with E-state index in [0.717, 1.165) is 76.2 Å². The van der Waals surface area contributed by atoms with Crippen LogP contribution in [0, 0.1) is 59.2 Å². The van der Waals surface area contributed by atoms with Gasteiger partial charge < -0.3 is 67.4 Å². The minimum absolute atomic E-state index is 0. The molecular formula is C102H152B6NaO20P10Si2. The van der Waals surface area contributed by atoms with Crippen molar-refractivity contribution in [3.8, 4) is 0 Å². The first kappa shape index (κ1) is 122. The number of allylic oxidation sites excluding steroid dienone is 1. The Morgan fingerprint density at radius 1 is 0.362 bits per heavy atom. The zero-order valence-electron chi connectivity index (χ0n) is 85.2. The Balaban J connectivity index is 0.000000217. The van der Waals surface area contributed by atoms with Crippen LogP contribution in [0.25, 0.3) is 0 Å². The second-order valence-corrected chi connectivity index (χ2v) is 61.6. The molecule has 5 aliphatic carbocycles. The molecule has 10 aliphatic rings. The van der Waals surface area contributed by atoms with E-state index < -0.39 is 28.8 Å². The molecule has 5 heterocycles. The van der Waals surface area contributed by atoms with Gasteiger partial charge in [0, 0.05) is 106 Å². The van der Waals surface area contributed by atoms with Gasteiger partial charge in [0.05, 0.1) is 87.0 Å². The number of aliphatic hydroxyl groups excluding tert-OH is 2. The normalized spacial score (nSPS) is 27.7. The Hall–Kier alpha value is -2.42. The largest absolute Gasteiger partial charge is 1.00 e. The molecule has 0 bridgehead atoms. The van der Waals surface area contributed by atoms with E-state index in [0.29, 0.717) is 57.8 Å². The van der Waals surface area contributed by atoms with Crippen LogP contribution < -0.4 is 29.6 Å². The van der Waals surface area contributed by atoms with Crippen LogP contribution in [-0.4, -0.2) is 188 Å². The number of ketones is 1. The number of aryl methyl sites for hydroxylation is 5. The van der Waals surface area contributed by atoms with Crippen molar-refractivity contribution >= 4 is 184 Å². The van der Waals surface area contributed by atoms with Crippen molar-refractivity contribution in [2.24, 2.45) is 59.2 Å². The predicted octanol–water partition coefficient (Wildman–Crippen LogP) is 16.0. The molecule has 39 heteroatoms. The molecule has 34 atom stereocenters. The Kier molecular flexibility index (Phi) is 51.1. The van der Waals surface area contributed by atoms with Crippen LogP contribution in [0.3, 0.4) is 0 Å². The maximum atomic E-state index is 12.2. The van der Waals surface area contributed by atoms with Crippen LogP contribution in [0.15, 0.2) is 212 Å². The second-order valence-electron chi connectivity index (χ2n) is 41.7. The van der Waals surface area contributed by atoms with E-state index in [1.165, 1.54) is 22.3 Å². The van der Waals surface area contributed by atoms with Gasteiger partial charge in [-0.1, -0.05) is 248 Å². The van der Waals surface area contributed by atoms with Gasteiger partial charge in [0.25, 0.3) is 0 Å². The number of aliphatic hydroxyl groups is 2. The van der Waals surface area contributed by atoms with Crippen molar-refractivity contribution < 1.29 is 126 Å². The van der Waals surface area contributed by atoms with E-state index in [1.54, 1.807) is 6.08 Å². The van der Waals surface area contributed by atoms with E-state index in [9.17, 15) is 39.0 Å². The predicted molar refractivity (Wildman–Crippen MR) is 608 cm³/mol. The minimum atomic E-state index is -1.93. The molecule has 0 amide bonds. The van der Waals surface area contributed by atoms with Crippen molar-refractivity contribution in [1.82, 2.24) is 0 Å². The molecule has 757 valence electrons. The van der Waals surface area contributed by atoms with E-state index in [4.69, 9.17) is 55.8 Å². The van der Waals surface area contributed by atoms with Crippen molar-refractivity contribution in [3.63, 3.8) is 0 Å². The minimum Gasteiger partial charge on any atom is -1.00 e. The molecule has 0 aromatic heterocycles. The summed E-state index contributed by atoms with van der Waals surface area (Å²) in [5, 5.41) is 20.9. The van der Waals surface area contributed by atoms with Crippen molar-refractivity contribution in [3.05, 3.63) is 240 Å². The van der Waals surface area contributed by atoms with Crippen molar-refractivity contribution in [1.29, 1.82) is 0 Å². The quantitative estimate of drug-likeness (QED) is 0.00926. The summed E-state index contributed by atoms with van der Waals surface area (Å²) in [7, 11) is 22.5. The maximum absolute atomic E-state index is 12.2. The summed E-state index contributed by atoms with van der Waals surface area (Å²) < 4.78 is 71.2. The number of benzene rings is 5. The third kappa shape index (κ3) is 38.7. The molecule has 3 radical (unpaired) electrons. The number of fused-ring (bicyclic) bond motifs is 5. The summed E-state index contributed by atoms with van der Waals surface area (Å²) in [5.74, 6) is 0.951. The summed E-state index contributed by atoms with van der Waals surface area (Å²) in [6.07, 6.45) is 33.2. The SMILES string of the molecule is CC(C)(C)[Si](C)(C)O[C@@H](/C=C/[C@@H]1[C@H]2CC(=O)O[C@H]2C[C@H]1OB(P)P)CCc1ccccc1.CC(C)(C)[Si](C)(C)O[C@H](/C=C/[C@@H]1[C@H]2CC(=O)O[C@H]2C[C@H]1OB(P)P)CCc1ccccc1.O=C(/C=C/[C@@H]1[C@H]2CC(=O)O[C@H]2C[C@H]1OB(P)P)CCc1ccccc1.O=C1C[C@@H]2[C@@H](/C=C/[C@@H](O)CCc3ccccc3)[C@H](OB(P)P)C[C@@H]2O1.O=C1C[C@@H]2[C@@H](/C=C/[C@H](O)CCc3ccccc3)[C@H](OB(P)P)C[C@@H]2O1.[B].[H-].[Na+]. The van der Waals surface area contributed by atoms with Gasteiger partial charge in [-0.3, -0.25) is 28.8 Å². The summed E-state index contributed by atoms with van der Waals surface area (Å²) in [4.78, 5) is 70.8. The molecule has 10 fully saturated rings.